The Morgan fingerprint density at radius 3 is 2.42 bits per heavy atom. The van der Waals surface area contributed by atoms with Gasteiger partial charge in [-0.05, 0) is 36.2 Å². The Morgan fingerprint density at radius 1 is 1.06 bits per heavy atom. The predicted molar refractivity (Wildman–Crippen MR) is 117 cm³/mol. The molecule has 0 amide bonds. The number of para-hydroxylation sites is 1. The van der Waals surface area contributed by atoms with E-state index in [4.69, 9.17) is 22.1 Å². The normalized spacial score (nSPS) is 10.5. The Hall–Kier alpha value is -2.77. The second-order valence-corrected chi connectivity index (χ2v) is 6.77. The highest BCUT2D eigenvalue weighted by molar-refractivity contribution is 6.31. The van der Waals surface area contributed by atoms with Crippen LogP contribution in [0.5, 0.6) is 5.75 Å². The van der Waals surface area contributed by atoms with Crippen LogP contribution in [0.15, 0.2) is 47.3 Å². The van der Waals surface area contributed by atoms with Crippen LogP contribution in [0.2, 0.25) is 5.02 Å². The van der Waals surface area contributed by atoms with E-state index in [1.54, 1.807) is 6.92 Å². The second kappa shape index (κ2) is 11.0. The standard InChI is InChI=1S/C21H18ClF3N2O2.C2H6/c1-12-7-18(29-11-14-5-6-16(24)8-15(14)10-26)19(22)21(28)27(12)20-13(9-23)3-2-4-17(20)25;1-2/h2-8H,9-11,26H2,1H3;1-2H3. The molecule has 8 heteroatoms. The SMILES string of the molecule is CC.Cc1cc(OCc2ccc(F)cc2CN)c(Cl)c(=O)n1-c1c(F)cccc1CF. The zero-order chi connectivity index (χ0) is 23.1. The molecule has 166 valence electrons. The summed E-state index contributed by atoms with van der Waals surface area (Å²) in [6, 6.07) is 9.48. The zero-order valence-corrected chi connectivity index (χ0v) is 18.3. The van der Waals surface area contributed by atoms with E-state index in [1.807, 2.05) is 13.8 Å². The topological polar surface area (TPSA) is 57.2 Å². The molecule has 0 fully saturated rings. The average Bonchev–Trinajstić information content (AvgIpc) is 2.78. The van der Waals surface area contributed by atoms with Crippen LogP contribution in [0.3, 0.4) is 0 Å². The first-order chi connectivity index (χ1) is 14.9. The van der Waals surface area contributed by atoms with Crippen molar-refractivity contribution in [2.24, 2.45) is 5.73 Å². The summed E-state index contributed by atoms with van der Waals surface area (Å²) in [6.07, 6.45) is 0. The Morgan fingerprint density at radius 2 is 1.77 bits per heavy atom. The summed E-state index contributed by atoms with van der Waals surface area (Å²) in [7, 11) is 0. The first-order valence-corrected chi connectivity index (χ1v) is 10.1. The summed E-state index contributed by atoms with van der Waals surface area (Å²) >= 11 is 6.17. The number of pyridine rings is 1. The molecule has 0 radical (unpaired) electrons. The van der Waals surface area contributed by atoms with E-state index in [-0.39, 0.29) is 35.2 Å². The van der Waals surface area contributed by atoms with Gasteiger partial charge in [-0.3, -0.25) is 9.36 Å². The summed E-state index contributed by atoms with van der Waals surface area (Å²) in [6.45, 7) is 4.73. The number of halogens is 4. The van der Waals surface area contributed by atoms with Crippen LogP contribution >= 0.6 is 11.6 Å². The molecule has 0 unspecified atom stereocenters. The lowest BCUT2D eigenvalue weighted by atomic mass is 10.1. The van der Waals surface area contributed by atoms with Gasteiger partial charge in [-0.25, -0.2) is 13.2 Å². The van der Waals surface area contributed by atoms with Gasteiger partial charge in [-0.1, -0.05) is 43.6 Å². The molecule has 3 rings (SSSR count). The number of hydrogen-bond acceptors (Lipinski definition) is 3. The Labute approximate surface area is 184 Å². The number of nitrogens with zero attached hydrogens (tertiary/aromatic N) is 1. The van der Waals surface area contributed by atoms with Crippen molar-refractivity contribution in [2.75, 3.05) is 0 Å². The fourth-order valence-corrected chi connectivity index (χ4v) is 3.26. The van der Waals surface area contributed by atoms with Gasteiger partial charge in [0.2, 0.25) is 0 Å². The summed E-state index contributed by atoms with van der Waals surface area (Å²) < 4.78 is 47.7. The van der Waals surface area contributed by atoms with Crippen molar-refractivity contribution in [3.8, 4) is 11.4 Å². The van der Waals surface area contributed by atoms with Crippen LogP contribution in [0.1, 0.15) is 36.2 Å². The van der Waals surface area contributed by atoms with Gasteiger partial charge >= 0.3 is 0 Å². The van der Waals surface area contributed by atoms with Crippen LogP contribution < -0.4 is 16.0 Å². The van der Waals surface area contributed by atoms with Crippen LogP contribution in [-0.4, -0.2) is 4.57 Å². The van der Waals surface area contributed by atoms with Crippen molar-refractivity contribution in [2.45, 2.75) is 40.6 Å². The number of aromatic nitrogens is 1. The van der Waals surface area contributed by atoms with E-state index in [2.05, 4.69) is 0 Å². The van der Waals surface area contributed by atoms with E-state index in [0.717, 1.165) is 10.6 Å². The summed E-state index contributed by atoms with van der Waals surface area (Å²) in [5.74, 6) is -1.08. The fraction of sp³-hybridized carbons (Fsp3) is 0.261. The van der Waals surface area contributed by atoms with E-state index in [1.165, 1.54) is 36.4 Å². The minimum absolute atomic E-state index is 0.00482. The molecule has 3 aromatic rings. The minimum atomic E-state index is -0.943. The van der Waals surface area contributed by atoms with Crippen LogP contribution in [0, 0.1) is 18.6 Å². The molecule has 2 N–H and O–H groups in total. The van der Waals surface area contributed by atoms with Crippen LogP contribution in [-0.2, 0) is 19.8 Å². The molecule has 0 aliphatic rings. The summed E-state index contributed by atoms with van der Waals surface area (Å²) in [5, 5.41) is -0.278. The van der Waals surface area contributed by atoms with Gasteiger partial charge in [0, 0.05) is 23.9 Å². The third-order valence-electron chi connectivity index (χ3n) is 4.51. The van der Waals surface area contributed by atoms with Gasteiger partial charge in [-0.2, -0.15) is 0 Å². The average molecular weight is 453 g/mol. The van der Waals surface area contributed by atoms with Gasteiger partial charge in [0.05, 0.1) is 5.69 Å². The van der Waals surface area contributed by atoms with Crippen molar-refractivity contribution < 1.29 is 17.9 Å². The number of nitrogens with two attached hydrogens (primary N) is 1. The molecule has 4 nitrogen and oxygen atoms in total. The lowest BCUT2D eigenvalue weighted by molar-refractivity contribution is 0.303. The molecule has 0 atom stereocenters. The molecule has 0 aliphatic carbocycles. The first-order valence-electron chi connectivity index (χ1n) is 9.73. The lowest BCUT2D eigenvalue weighted by Gasteiger charge is -2.17. The van der Waals surface area contributed by atoms with E-state index >= 15 is 0 Å². The van der Waals surface area contributed by atoms with E-state index in [0.29, 0.717) is 16.8 Å². The van der Waals surface area contributed by atoms with Gasteiger partial charge in [-0.15, -0.1) is 0 Å². The highest BCUT2D eigenvalue weighted by Gasteiger charge is 2.19. The predicted octanol–water partition coefficient (Wildman–Crippen LogP) is 5.61. The van der Waals surface area contributed by atoms with Crippen molar-refractivity contribution in [3.05, 3.63) is 91.9 Å². The molecule has 1 aromatic heterocycles. The third kappa shape index (κ3) is 5.29. The third-order valence-corrected chi connectivity index (χ3v) is 4.86. The molecule has 0 saturated heterocycles. The van der Waals surface area contributed by atoms with E-state index in [9.17, 15) is 18.0 Å². The number of hydrogen-bond donors (Lipinski definition) is 1. The van der Waals surface area contributed by atoms with E-state index < -0.39 is 23.9 Å². The molecule has 2 aromatic carbocycles. The van der Waals surface area contributed by atoms with Crippen molar-refractivity contribution in [1.82, 2.24) is 4.57 Å². The van der Waals surface area contributed by atoms with Gasteiger partial charge in [0.25, 0.3) is 5.56 Å². The van der Waals surface area contributed by atoms with Crippen molar-refractivity contribution in [1.29, 1.82) is 0 Å². The minimum Gasteiger partial charge on any atom is -0.487 e. The molecule has 0 spiro atoms. The van der Waals surface area contributed by atoms with Gasteiger partial charge in [0.1, 0.15) is 35.7 Å². The maximum atomic E-state index is 14.4. The molecule has 0 aliphatic heterocycles. The van der Waals surface area contributed by atoms with Crippen LogP contribution in [0.4, 0.5) is 13.2 Å². The largest absolute Gasteiger partial charge is 0.487 e. The second-order valence-electron chi connectivity index (χ2n) is 6.39. The number of aryl methyl sites for hydroxylation is 1. The van der Waals surface area contributed by atoms with Gasteiger partial charge < -0.3 is 10.5 Å². The monoisotopic (exact) mass is 452 g/mol. The molecular weight excluding hydrogens is 429 g/mol. The molecular formula is C23H24ClF3N2O2. The summed E-state index contributed by atoms with van der Waals surface area (Å²) in [5.41, 5.74) is 6.24. The van der Waals surface area contributed by atoms with Crippen LogP contribution in [0.25, 0.3) is 5.69 Å². The first kappa shape index (κ1) is 24.5. The Kier molecular flexibility index (Phi) is 8.71. The molecule has 0 bridgehead atoms. The highest BCUT2D eigenvalue weighted by atomic mass is 35.5. The molecule has 0 saturated carbocycles. The molecule has 1 heterocycles. The Bertz CT molecular complexity index is 1120. The fourth-order valence-electron chi connectivity index (χ4n) is 3.06. The van der Waals surface area contributed by atoms with Gasteiger partial charge in [0.15, 0.2) is 0 Å². The smallest absolute Gasteiger partial charge is 0.278 e. The maximum Gasteiger partial charge on any atom is 0.278 e. The van der Waals surface area contributed by atoms with Crippen molar-refractivity contribution in [3.63, 3.8) is 0 Å². The quantitative estimate of drug-likeness (QED) is 0.528. The number of alkyl halides is 1. The van der Waals surface area contributed by atoms with Crippen molar-refractivity contribution >= 4 is 11.6 Å². The number of benzene rings is 2. The highest BCUT2D eigenvalue weighted by Crippen LogP contribution is 2.27. The summed E-state index contributed by atoms with van der Waals surface area (Å²) in [4.78, 5) is 12.8. The Balaban J connectivity index is 0.00000166. The molecule has 31 heavy (non-hydrogen) atoms. The lowest BCUT2D eigenvalue weighted by Crippen LogP contribution is -2.24. The maximum absolute atomic E-state index is 14.4. The number of ether oxygens (including phenoxy) is 1. The zero-order valence-electron chi connectivity index (χ0n) is 17.5. The number of rotatable bonds is 6.